The SMILES string of the molecule is C=C(CC(NC(=C)CC(C)(C)C)C(=C)CCc1ccc(CC)cc1)CC1(C)CC2CC(C)CC(C2)C1. The molecule has 3 atom stereocenters. The highest BCUT2D eigenvalue weighted by Crippen LogP contribution is 2.52. The minimum absolute atomic E-state index is 0.217. The average molecular weight is 490 g/mol. The van der Waals surface area contributed by atoms with Gasteiger partial charge in [-0.15, -0.1) is 0 Å². The Morgan fingerprint density at radius 2 is 1.58 bits per heavy atom. The molecular formula is C35H55N. The van der Waals surface area contributed by atoms with Gasteiger partial charge in [0.05, 0.1) is 6.04 Å². The summed E-state index contributed by atoms with van der Waals surface area (Å²) in [5.74, 6) is 2.78. The molecule has 1 heteroatoms. The van der Waals surface area contributed by atoms with Crippen LogP contribution in [0.4, 0.5) is 0 Å². The van der Waals surface area contributed by atoms with Crippen LogP contribution in [0.3, 0.4) is 0 Å². The van der Waals surface area contributed by atoms with Crippen LogP contribution in [0.25, 0.3) is 0 Å². The molecule has 0 aliphatic heterocycles. The maximum absolute atomic E-state index is 4.63. The van der Waals surface area contributed by atoms with Gasteiger partial charge in [-0.1, -0.05) is 96.7 Å². The van der Waals surface area contributed by atoms with Gasteiger partial charge >= 0.3 is 0 Å². The lowest BCUT2D eigenvalue weighted by Gasteiger charge is -2.48. The summed E-state index contributed by atoms with van der Waals surface area (Å²) in [5.41, 5.74) is 7.24. The van der Waals surface area contributed by atoms with Crippen molar-refractivity contribution < 1.29 is 0 Å². The fraction of sp³-hybridized carbons (Fsp3) is 0.657. The fourth-order valence-electron chi connectivity index (χ4n) is 7.47. The quantitative estimate of drug-likeness (QED) is 0.288. The summed E-state index contributed by atoms with van der Waals surface area (Å²) in [6.07, 6.45) is 13.3. The molecule has 2 bridgehead atoms. The van der Waals surface area contributed by atoms with E-state index in [4.69, 9.17) is 0 Å². The van der Waals surface area contributed by atoms with Crippen molar-refractivity contribution in [3.05, 3.63) is 72.0 Å². The van der Waals surface area contributed by atoms with Crippen LogP contribution in [0.1, 0.15) is 110 Å². The monoisotopic (exact) mass is 489 g/mol. The smallest absolute Gasteiger partial charge is 0.0505 e. The summed E-state index contributed by atoms with van der Waals surface area (Å²) in [5, 5.41) is 3.80. The molecule has 0 heterocycles. The van der Waals surface area contributed by atoms with Crippen molar-refractivity contribution >= 4 is 0 Å². The lowest BCUT2D eigenvalue weighted by molar-refractivity contribution is 0.0462. The number of benzene rings is 1. The Balaban J connectivity index is 1.63. The second-order valence-corrected chi connectivity index (χ2v) is 14.3. The molecular weight excluding hydrogens is 434 g/mol. The predicted octanol–water partition coefficient (Wildman–Crippen LogP) is 9.83. The predicted molar refractivity (Wildman–Crippen MR) is 159 cm³/mol. The summed E-state index contributed by atoms with van der Waals surface area (Å²) in [7, 11) is 0. The summed E-state index contributed by atoms with van der Waals surface area (Å²) >= 11 is 0. The first-order chi connectivity index (χ1) is 16.8. The first-order valence-corrected chi connectivity index (χ1v) is 14.7. The van der Waals surface area contributed by atoms with E-state index < -0.39 is 0 Å². The Labute approximate surface area is 223 Å². The summed E-state index contributed by atoms with van der Waals surface area (Å²) in [4.78, 5) is 0. The molecule has 0 aromatic heterocycles. The van der Waals surface area contributed by atoms with Crippen molar-refractivity contribution in [2.24, 2.45) is 28.6 Å². The van der Waals surface area contributed by atoms with Crippen molar-refractivity contribution in [3.63, 3.8) is 0 Å². The van der Waals surface area contributed by atoms with E-state index in [1.54, 1.807) is 0 Å². The number of allylic oxidation sites excluding steroid dienone is 1. The number of rotatable bonds is 12. The number of aryl methyl sites for hydroxylation is 2. The highest BCUT2D eigenvalue weighted by atomic mass is 14.9. The van der Waals surface area contributed by atoms with Crippen LogP contribution in [0.2, 0.25) is 0 Å². The van der Waals surface area contributed by atoms with E-state index in [1.807, 2.05) is 0 Å². The number of hydrogen-bond acceptors (Lipinski definition) is 1. The van der Waals surface area contributed by atoms with Crippen molar-refractivity contribution in [2.45, 2.75) is 118 Å². The number of fused-ring (bicyclic) bond motifs is 2. The van der Waals surface area contributed by atoms with Gasteiger partial charge in [-0.05, 0) is 110 Å². The standard InChI is InChI=1S/C35H55N/c1-10-29-13-15-30(16-14-29)12-11-27(4)33(36-28(5)22-34(6,7)8)19-26(3)21-35(9)23-31-17-25(2)18-32(20-31)24-35/h13-16,25,31-33,36H,3-5,10-12,17-24H2,1-2,6-9H3. The van der Waals surface area contributed by atoms with E-state index >= 15 is 0 Å². The second-order valence-electron chi connectivity index (χ2n) is 14.3. The molecule has 2 fully saturated rings. The van der Waals surface area contributed by atoms with Gasteiger partial charge in [0.1, 0.15) is 0 Å². The van der Waals surface area contributed by atoms with Crippen molar-refractivity contribution in [1.29, 1.82) is 0 Å². The van der Waals surface area contributed by atoms with E-state index in [0.29, 0.717) is 5.41 Å². The van der Waals surface area contributed by atoms with Gasteiger partial charge in [-0.2, -0.15) is 0 Å². The molecule has 1 N–H and O–H groups in total. The Morgan fingerprint density at radius 1 is 1.00 bits per heavy atom. The minimum atomic E-state index is 0.217. The Bertz CT molecular complexity index is 878. The van der Waals surface area contributed by atoms with Crippen molar-refractivity contribution in [3.8, 4) is 0 Å². The van der Waals surface area contributed by atoms with Gasteiger partial charge in [0, 0.05) is 5.70 Å². The van der Waals surface area contributed by atoms with Gasteiger partial charge in [-0.3, -0.25) is 0 Å². The molecule has 0 radical (unpaired) electrons. The molecule has 0 spiro atoms. The zero-order valence-corrected chi connectivity index (χ0v) is 24.5. The van der Waals surface area contributed by atoms with Crippen molar-refractivity contribution in [2.75, 3.05) is 0 Å². The third-order valence-electron chi connectivity index (χ3n) is 8.65. The van der Waals surface area contributed by atoms with Gasteiger partial charge in [0.25, 0.3) is 0 Å². The zero-order chi connectivity index (χ0) is 26.5. The Morgan fingerprint density at radius 3 is 2.14 bits per heavy atom. The average Bonchev–Trinajstić information content (AvgIpc) is 2.74. The van der Waals surface area contributed by atoms with Crippen LogP contribution < -0.4 is 5.32 Å². The Hall–Kier alpha value is -1.76. The van der Waals surface area contributed by atoms with E-state index in [-0.39, 0.29) is 11.5 Å². The van der Waals surface area contributed by atoms with Crippen LogP contribution in [0.15, 0.2) is 60.8 Å². The van der Waals surface area contributed by atoms with Crippen molar-refractivity contribution in [1.82, 2.24) is 5.32 Å². The second kappa shape index (κ2) is 12.2. The summed E-state index contributed by atoms with van der Waals surface area (Å²) < 4.78 is 0. The van der Waals surface area contributed by atoms with E-state index in [1.165, 1.54) is 54.4 Å². The van der Waals surface area contributed by atoms with Crippen LogP contribution >= 0.6 is 0 Å². The van der Waals surface area contributed by atoms with Crippen LogP contribution in [-0.4, -0.2) is 6.04 Å². The van der Waals surface area contributed by atoms with Gasteiger partial charge in [-0.25, -0.2) is 0 Å². The molecule has 1 aromatic rings. The molecule has 0 saturated heterocycles. The maximum atomic E-state index is 4.63. The lowest BCUT2D eigenvalue weighted by Crippen LogP contribution is -2.37. The summed E-state index contributed by atoms with van der Waals surface area (Å²) in [6, 6.07) is 9.32. The molecule has 1 aromatic carbocycles. The van der Waals surface area contributed by atoms with E-state index in [0.717, 1.165) is 62.0 Å². The van der Waals surface area contributed by atoms with Gasteiger partial charge in [0.15, 0.2) is 0 Å². The highest BCUT2D eigenvalue weighted by Gasteiger charge is 2.41. The van der Waals surface area contributed by atoms with Gasteiger partial charge in [0.2, 0.25) is 0 Å². The van der Waals surface area contributed by atoms with Crippen LogP contribution in [0, 0.1) is 28.6 Å². The van der Waals surface area contributed by atoms with Crippen LogP contribution in [-0.2, 0) is 12.8 Å². The first-order valence-electron chi connectivity index (χ1n) is 14.7. The molecule has 3 rings (SSSR count). The maximum Gasteiger partial charge on any atom is 0.0505 e. The molecule has 1 nitrogen and oxygen atoms in total. The molecule has 36 heavy (non-hydrogen) atoms. The zero-order valence-electron chi connectivity index (χ0n) is 24.5. The molecule has 200 valence electrons. The fourth-order valence-corrected chi connectivity index (χ4v) is 7.47. The Kier molecular flexibility index (Phi) is 9.75. The highest BCUT2D eigenvalue weighted by molar-refractivity contribution is 5.24. The number of nitrogens with one attached hydrogen (secondary N) is 1. The third-order valence-corrected chi connectivity index (χ3v) is 8.65. The molecule has 3 unspecified atom stereocenters. The molecule has 0 amide bonds. The molecule has 2 aliphatic rings. The lowest BCUT2D eigenvalue weighted by atomic mass is 9.58. The van der Waals surface area contributed by atoms with Crippen LogP contribution in [0.5, 0.6) is 0 Å². The van der Waals surface area contributed by atoms with E-state index in [2.05, 4.69) is 90.9 Å². The molecule has 2 saturated carbocycles. The van der Waals surface area contributed by atoms with Gasteiger partial charge < -0.3 is 5.32 Å². The topological polar surface area (TPSA) is 12.0 Å². The first kappa shape index (κ1) is 28.8. The molecule has 2 aliphatic carbocycles. The largest absolute Gasteiger partial charge is 0.382 e. The summed E-state index contributed by atoms with van der Waals surface area (Å²) in [6.45, 7) is 27.7. The third kappa shape index (κ3) is 8.97. The normalized spacial score (nSPS) is 26.8. The minimum Gasteiger partial charge on any atom is -0.382 e. The van der Waals surface area contributed by atoms with E-state index in [9.17, 15) is 0 Å². The number of hydrogen-bond donors (Lipinski definition) is 1.